The van der Waals surface area contributed by atoms with Crippen molar-refractivity contribution in [3.63, 3.8) is 0 Å². The van der Waals surface area contributed by atoms with Gasteiger partial charge in [-0.3, -0.25) is 0 Å². The Hall–Kier alpha value is -0.920. The third-order valence-corrected chi connectivity index (χ3v) is 2.64. The first kappa shape index (κ1) is 10.2. The average Bonchev–Trinajstić information content (AvgIpc) is 2.11. The van der Waals surface area contributed by atoms with Crippen LogP contribution in [0.5, 0.6) is 0 Å². The van der Waals surface area contributed by atoms with Crippen molar-refractivity contribution in [2.75, 3.05) is 0 Å². The molecule has 0 aliphatic carbocycles. The third-order valence-electron chi connectivity index (χ3n) is 2.64. The van der Waals surface area contributed by atoms with E-state index in [4.69, 9.17) is 5.73 Å². The Labute approximate surface area is 80.9 Å². The molecule has 3 N–H and O–H groups in total. The number of nitrogens with two attached hydrogens (primary N) is 1. The molecule has 0 aromatic rings. The number of hydrogen-bond acceptors (Lipinski definition) is 2. The summed E-state index contributed by atoms with van der Waals surface area (Å²) in [5, 5.41) is 3.41. The van der Waals surface area contributed by atoms with Gasteiger partial charge in [0.05, 0.1) is 5.54 Å². The zero-order valence-electron chi connectivity index (χ0n) is 8.64. The fourth-order valence-corrected chi connectivity index (χ4v) is 2.01. The number of hydrogen-bond donors (Lipinski definition) is 2. The Kier molecular flexibility index (Phi) is 3.40. The molecule has 13 heavy (non-hydrogen) atoms. The van der Waals surface area contributed by atoms with Gasteiger partial charge in [-0.2, -0.15) is 0 Å². The van der Waals surface area contributed by atoms with E-state index in [1.807, 2.05) is 18.4 Å². The van der Waals surface area contributed by atoms with Gasteiger partial charge in [0.25, 0.3) is 0 Å². The summed E-state index contributed by atoms with van der Waals surface area (Å²) in [5.41, 5.74) is 7.06. The van der Waals surface area contributed by atoms with Crippen LogP contribution in [-0.2, 0) is 0 Å². The van der Waals surface area contributed by atoms with Crippen molar-refractivity contribution in [3.8, 4) is 0 Å². The maximum atomic E-state index is 6.03. The predicted octanol–water partition coefficient (Wildman–Crippen LogP) is 2.28. The molecular weight excluding hydrogens is 160 g/mol. The van der Waals surface area contributed by atoms with Crippen LogP contribution in [0.3, 0.4) is 0 Å². The highest BCUT2D eigenvalue weighted by molar-refractivity contribution is 5.27. The summed E-state index contributed by atoms with van der Waals surface area (Å²) in [6.07, 6.45) is 10.5. The number of dihydropyridines is 1. The Bertz CT molecular complexity index is 210. The molecular formula is C11H20N2. The van der Waals surface area contributed by atoms with Crippen LogP contribution in [0.4, 0.5) is 0 Å². The van der Waals surface area contributed by atoms with E-state index in [2.05, 4.69) is 19.2 Å². The van der Waals surface area contributed by atoms with Crippen LogP contribution >= 0.6 is 0 Å². The van der Waals surface area contributed by atoms with Crippen LogP contribution in [-0.4, -0.2) is 5.54 Å². The zero-order chi connectivity index (χ0) is 9.73. The summed E-state index contributed by atoms with van der Waals surface area (Å²) in [5.74, 6) is 0. The molecule has 2 heteroatoms. The van der Waals surface area contributed by atoms with Gasteiger partial charge in [0.2, 0.25) is 0 Å². The van der Waals surface area contributed by atoms with E-state index >= 15 is 0 Å². The largest absolute Gasteiger partial charge is 0.400 e. The topological polar surface area (TPSA) is 38.0 Å². The van der Waals surface area contributed by atoms with Crippen LogP contribution in [0.25, 0.3) is 0 Å². The molecule has 0 amide bonds. The van der Waals surface area contributed by atoms with E-state index in [0.29, 0.717) is 0 Å². The van der Waals surface area contributed by atoms with Crippen LogP contribution < -0.4 is 11.1 Å². The molecule has 0 atom stereocenters. The molecule has 0 fully saturated rings. The fourth-order valence-electron chi connectivity index (χ4n) is 2.01. The van der Waals surface area contributed by atoms with E-state index in [1.54, 1.807) is 0 Å². The van der Waals surface area contributed by atoms with Crippen molar-refractivity contribution in [2.24, 2.45) is 5.73 Å². The molecule has 1 aliphatic rings. The van der Waals surface area contributed by atoms with Gasteiger partial charge in [-0.25, -0.2) is 0 Å². The molecule has 1 heterocycles. The highest BCUT2D eigenvalue weighted by atomic mass is 15.0. The molecule has 0 aromatic carbocycles. The van der Waals surface area contributed by atoms with Gasteiger partial charge in [-0.05, 0) is 31.2 Å². The second-order valence-corrected chi connectivity index (χ2v) is 3.71. The summed E-state index contributed by atoms with van der Waals surface area (Å²) in [7, 11) is 0. The van der Waals surface area contributed by atoms with Crippen LogP contribution in [0, 0.1) is 0 Å². The van der Waals surface area contributed by atoms with E-state index in [9.17, 15) is 0 Å². The number of allylic oxidation sites excluding steroid dienone is 2. The molecule has 1 rings (SSSR count). The van der Waals surface area contributed by atoms with Gasteiger partial charge in [0.1, 0.15) is 0 Å². The molecule has 2 nitrogen and oxygen atoms in total. The number of rotatable bonds is 4. The predicted molar refractivity (Wildman–Crippen MR) is 57.1 cm³/mol. The first-order valence-electron chi connectivity index (χ1n) is 5.15. The Morgan fingerprint density at radius 1 is 1.31 bits per heavy atom. The molecule has 74 valence electrons. The Balaban J connectivity index is 2.77. The second-order valence-electron chi connectivity index (χ2n) is 3.71. The van der Waals surface area contributed by atoms with Crippen molar-refractivity contribution >= 4 is 0 Å². The molecule has 0 radical (unpaired) electrons. The minimum atomic E-state index is 0.0399. The quantitative estimate of drug-likeness (QED) is 0.696. The summed E-state index contributed by atoms with van der Waals surface area (Å²) in [6.45, 7) is 4.40. The summed E-state index contributed by atoms with van der Waals surface area (Å²) >= 11 is 0. The van der Waals surface area contributed by atoms with Gasteiger partial charge in [0, 0.05) is 5.70 Å². The molecule has 1 aliphatic heterocycles. The highest BCUT2D eigenvalue weighted by Crippen LogP contribution is 2.27. The van der Waals surface area contributed by atoms with Crippen LogP contribution in [0.2, 0.25) is 0 Å². The second kappa shape index (κ2) is 4.35. The van der Waals surface area contributed by atoms with E-state index in [0.717, 1.165) is 31.4 Å². The SMILES string of the molecule is CCCC1(CCC)NC=CC=C1N. The van der Waals surface area contributed by atoms with Crippen molar-refractivity contribution in [2.45, 2.75) is 45.1 Å². The average molecular weight is 180 g/mol. The molecule has 0 aromatic heterocycles. The van der Waals surface area contributed by atoms with Gasteiger partial charge in [0.15, 0.2) is 0 Å². The van der Waals surface area contributed by atoms with E-state index in [1.165, 1.54) is 0 Å². The summed E-state index contributed by atoms with van der Waals surface area (Å²) < 4.78 is 0. The van der Waals surface area contributed by atoms with Crippen molar-refractivity contribution in [1.29, 1.82) is 0 Å². The molecule has 0 saturated heterocycles. The number of nitrogens with one attached hydrogen (secondary N) is 1. The van der Waals surface area contributed by atoms with Gasteiger partial charge in [-0.15, -0.1) is 0 Å². The zero-order valence-corrected chi connectivity index (χ0v) is 8.64. The van der Waals surface area contributed by atoms with Crippen molar-refractivity contribution in [1.82, 2.24) is 5.32 Å². The lowest BCUT2D eigenvalue weighted by molar-refractivity contribution is 0.355. The van der Waals surface area contributed by atoms with Gasteiger partial charge in [-0.1, -0.05) is 26.7 Å². The first-order chi connectivity index (χ1) is 6.25. The summed E-state index contributed by atoms with van der Waals surface area (Å²) in [6, 6.07) is 0. The van der Waals surface area contributed by atoms with Gasteiger partial charge < -0.3 is 11.1 Å². The minimum absolute atomic E-state index is 0.0399. The van der Waals surface area contributed by atoms with Crippen LogP contribution in [0.15, 0.2) is 24.0 Å². The lowest BCUT2D eigenvalue weighted by Crippen LogP contribution is -2.48. The lowest BCUT2D eigenvalue weighted by atomic mass is 9.84. The van der Waals surface area contributed by atoms with Crippen molar-refractivity contribution in [3.05, 3.63) is 24.0 Å². The molecule has 0 unspecified atom stereocenters. The maximum Gasteiger partial charge on any atom is 0.0763 e. The standard InChI is InChI=1S/C11H20N2/c1-3-7-11(8-4-2)10(12)6-5-9-13-11/h5-6,9,13H,3-4,7-8,12H2,1-2H3. The Morgan fingerprint density at radius 3 is 2.38 bits per heavy atom. The third kappa shape index (κ3) is 2.06. The van der Waals surface area contributed by atoms with E-state index in [-0.39, 0.29) is 5.54 Å². The molecule has 0 spiro atoms. The molecule has 0 bridgehead atoms. The van der Waals surface area contributed by atoms with E-state index < -0.39 is 0 Å². The smallest absolute Gasteiger partial charge is 0.0763 e. The normalized spacial score (nSPS) is 19.4. The fraction of sp³-hybridized carbons (Fsp3) is 0.636. The highest BCUT2D eigenvalue weighted by Gasteiger charge is 2.30. The monoisotopic (exact) mass is 180 g/mol. The summed E-state index contributed by atoms with van der Waals surface area (Å²) in [4.78, 5) is 0. The van der Waals surface area contributed by atoms with Crippen molar-refractivity contribution < 1.29 is 0 Å². The minimum Gasteiger partial charge on any atom is -0.400 e. The molecule has 0 saturated carbocycles. The lowest BCUT2D eigenvalue weighted by Gasteiger charge is -2.36. The Morgan fingerprint density at radius 2 is 1.92 bits per heavy atom. The first-order valence-corrected chi connectivity index (χ1v) is 5.15. The maximum absolute atomic E-state index is 6.03. The van der Waals surface area contributed by atoms with Gasteiger partial charge >= 0.3 is 0 Å². The van der Waals surface area contributed by atoms with Crippen LogP contribution in [0.1, 0.15) is 39.5 Å².